The molecule has 0 spiro atoms. The summed E-state index contributed by atoms with van der Waals surface area (Å²) >= 11 is 0. The molecule has 2 heterocycles. The van der Waals surface area contributed by atoms with Crippen molar-refractivity contribution in [2.45, 2.75) is 33.1 Å². The lowest BCUT2D eigenvalue weighted by Gasteiger charge is -2.31. The van der Waals surface area contributed by atoms with Crippen LogP contribution in [0.5, 0.6) is 5.75 Å². The molecule has 1 unspecified atom stereocenters. The molecule has 2 aliphatic rings. The van der Waals surface area contributed by atoms with Crippen molar-refractivity contribution in [2.75, 3.05) is 31.1 Å². The number of ether oxygens (including phenoxy) is 1. The van der Waals surface area contributed by atoms with E-state index in [1.807, 2.05) is 11.0 Å². The fourth-order valence-corrected chi connectivity index (χ4v) is 3.37. The summed E-state index contributed by atoms with van der Waals surface area (Å²) in [6, 6.07) is 6.33. The molecule has 4 heteroatoms. The molecule has 0 bridgehead atoms. The summed E-state index contributed by atoms with van der Waals surface area (Å²) in [5.41, 5.74) is 2.26. The monoisotopic (exact) mass is 302 g/mol. The summed E-state index contributed by atoms with van der Waals surface area (Å²) in [7, 11) is 0. The Morgan fingerprint density at radius 2 is 2.27 bits per heavy atom. The number of anilines is 1. The summed E-state index contributed by atoms with van der Waals surface area (Å²) in [6.07, 6.45) is 3.62. The number of piperidine rings is 1. The molecular formula is C18H26N2O2. The van der Waals surface area contributed by atoms with Crippen molar-refractivity contribution in [1.29, 1.82) is 0 Å². The van der Waals surface area contributed by atoms with Gasteiger partial charge in [0.05, 0.1) is 5.69 Å². The molecule has 1 atom stereocenters. The topological polar surface area (TPSA) is 41.6 Å². The van der Waals surface area contributed by atoms with Gasteiger partial charge in [-0.1, -0.05) is 19.9 Å². The van der Waals surface area contributed by atoms with Crippen LogP contribution in [0.4, 0.5) is 5.69 Å². The third-order valence-corrected chi connectivity index (χ3v) is 4.44. The maximum Gasteiger partial charge on any atom is 0.265 e. The van der Waals surface area contributed by atoms with E-state index in [2.05, 4.69) is 31.3 Å². The van der Waals surface area contributed by atoms with Crippen LogP contribution >= 0.6 is 0 Å². The highest BCUT2D eigenvalue weighted by molar-refractivity contribution is 5.97. The van der Waals surface area contributed by atoms with E-state index < -0.39 is 0 Å². The Hall–Kier alpha value is -1.55. The molecule has 0 saturated carbocycles. The predicted molar refractivity (Wildman–Crippen MR) is 88.4 cm³/mol. The number of benzene rings is 1. The summed E-state index contributed by atoms with van der Waals surface area (Å²) in [6.45, 7) is 7.43. The van der Waals surface area contributed by atoms with Gasteiger partial charge in [0.15, 0.2) is 6.61 Å². The van der Waals surface area contributed by atoms with E-state index in [0.29, 0.717) is 11.8 Å². The van der Waals surface area contributed by atoms with E-state index in [4.69, 9.17) is 4.74 Å². The number of rotatable bonds is 4. The second kappa shape index (κ2) is 6.69. The highest BCUT2D eigenvalue weighted by atomic mass is 16.5. The fraction of sp³-hybridized carbons (Fsp3) is 0.611. The molecule has 120 valence electrons. The second-order valence-electron chi connectivity index (χ2n) is 6.91. The SMILES string of the molecule is CC(C)CN1C(=O)COc2ccc(CC3CCCNC3)cc21. The van der Waals surface area contributed by atoms with Crippen LogP contribution in [-0.2, 0) is 11.2 Å². The van der Waals surface area contributed by atoms with Gasteiger partial charge in [-0.15, -0.1) is 0 Å². The van der Waals surface area contributed by atoms with Crippen molar-refractivity contribution in [1.82, 2.24) is 5.32 Å². The molecule has 0 aromatic heterocycles. The zero-order valence-electron chi connectivity index (χ0n) is 13.6. The molecule has 2 aliphatic heterocycles. The molecule has 1 aromatic rings. The number of fused-ring (bicyclic) bond motifs is 1. The van der Waals surface area contributed by atoms with Crippen molar-refractivity contribution in [3.8, 4) is 5.75 Å². The molecule has 1 aromatic carbocycles. The van der Waals surface area contributed by atoms with Crippen molar-refractivity contribution >= 4 is 11.6 Å². The summed E-state index contributed by atoms with van der Waals surface area (Å²) < 4.78 is 5.59. The van der Waals surface area contributed by atoms with Gasteiger partial charge in [0, 0.05) is 6.54 Å². The first-order valence-electron chi connectivity index (χ1n) is 8.40. The molecular weight excluding hydrogens is 276 g/mol. The van der Waals surface area contributed by atoms with E-state index in [1.54, 1.807) is 0 Å². The lowest BCUT2D eigenvalue weighted by atomic mass is 9.92. The Morgan fingerprint density at radius 3 is 3.00 bits per heavy atom. The Balaban J connectivity index is 1.80. The summed E-state index contributed by atoms with van der Waals surface area (Å²) in [5, 5.41) is 3.47. The molecule has 4 nitrogen and oxygen atoms in total. The largest absolute Gasteiger partial charge is 0.482 e. The second-order valence-corrected chi connectivity index (χ2v) is 6.91. The lowest BCUT2D eigenvalue weighted by molar-refractivity contribution is -0.121. The minimum absolute atomic E-state index is 0.0673. The van der Waals surface area contributed by atoms with Gasteiger partial charge in [-0.05, 0) is 61.9 Å². The average molecular weight is 302 g/mol. The molecule has 1 saturated heterocycles. The van der Waals surface area contributed by atoms with E-state index >= 15 is 0 Å². The number of nitrogens with zero attached hydrogens (tertiary/aromatic N) is 1. The third kappa shape index (κ3) is 3.43. The Labute approximate surface area is 132 Å². The molecule has 3 rings (SSSR count). The maximum atomic E-state index is 12.2. The zero-order valence-corrected chi connectivity index (χ0v) is 13.6. The maximum absolute atomic E-state index is 12.2. The Kier molecular flexibility index (Phi) is 4.67. The summed E-state index contributed by atoms with van der Waals surface area (Å²) in [4.78, 5) is 14.1. The van der Waals surface area contributed by atoms with E-state index in [-0.39, 0.29) is 12.5 Å². The minimum Gasteiger partial charge on any atom is -0.482 e. The van der Waals surface area contributed by atoms with Crippen molar-refractivity contribution in [3.63, 3.8) is 0 Å². The van der Waals surface area contributed by atoms with E-state index in [0.717, 1.165) is 37.5 Å². The number of carbonyl (C=O) groups excluding carboxylic acids is 1. The van der Waals surface area contributed by atoms with Crippen LogP contribution in [-0.4, -0.2) is 32.1 Å². The zero-order chi connectivity index (χ0) is 15.5. The minimum atomic E-state index is 0.0673. The average Bonchev–Trinajstić information content (AvgIpc) is 2.51. The van der Waals surface area contributed by atoms with Gasteiger partial charge in [-0.3, -0.25) is 4.79 Å². The van der Waals surface area contributed by atoms with Gasteiger partial charge in [-0.2, -0.15) is 0 Å². The lowest BCUT2D eigenvalue weighted by Crippen LogP contribution is -2.41. The van der Waals surface area contributed by atoms with Gasteiger partial charge in [0.25, 0.3) is 5.91 Å². The van der Waals surface area contributed by atoms with Crippen molar-refractivity contribution in [3.05, 3.63) is 23.8 Å². The molecule has 1 fully saturated rings. The van der Waals surface area contributed by atoms with Crippen LogP contribution in [0.3, 0.4) is 0 Å². The van der Waals surface area contributed by atoms with Crippen LogP contribution in [0, 0.1) is 11.8 Å². The molecule has 0 radical (unpaired) electrons. The van der Waals surface area contributed by atoms with Gasteiger partial charge in [-0.25, -0.2) is 0 Å². The molecule has 1 amide bonds. The number of nitrogens with one attached hydrogen (secondary N) is 1. The van der Waals surface area contributed by atoms with Crippen LogP contribution in [0.25, 0.3) is 0 Å². The van der Waals surface area contributed by atoms with Crippen LogP contribution in [0.1, 0.15) is 32.3 Å². The molecule has 0 aliphatic carbocycles. The first-order chi connectivity index (χ1) is 10.6. The van der Waals surface area contributed by atoms with Gasteiger partial charge < -0.3 is 15.0 Å². The quantitative estimate of drug-likeness (QED) is 0.929. The number of hydrogen-bond donors (Lipinski definition) is 1. The van der Waals surface area contributed by atoms with Crippen LogP contribution < -0.4 is 15.0 Å². The highest BCUT2D eigenvalue weighted by Gasteiger charge is 2.26. The first kappa shape index (κ1) is 15.3. The predicted octanol–water partition coefficient (Wildman–Crippen LogP) is 2.61. The van der Waals surface area contributed by atoms with Gasteiger partial charge in [0.1, 0.15) is 5.75 Å². The smallest absolute Gasteiger partial charge is 0.265 e. The first-order valence-corrected chi connectivity index (χ1v) is 8.40. The summed E-state index contributed by atoms with van der Waals surface area (Å²) in [5.74, 6) is 2.05. The van der Waals surface area contributed by atoms with E-state index in [9.17, 15) is 4.79 Å². The number of carbonyl (C=O) groups is 1. The van der Waals surface area contributed by atoms with Gasteiger partial charge >= 0.3 is 0 Å². The Bertz CT molecular complexity index is 536. The van der Waals surface area contributed by atoms with Crippen molar-refractivity contribution < 1.29 is 9.53 Å². The van der Waals surface area contributed by atoms with E-state index in [1.165, 1.54) is 18.4 Å². The van der Waals surface area contributed by atoms with Crippen LogP contribution in [0.2, 0.25) is 0 Å². The standard InChI is InChI=1S/C18H26N2O2/c1-13(2)11-20-16-9-14(8-15-4-3-7-19-10-15)5-6-17(16)22-12-18(20)21/h5-6,9,13,15,19H,3-4,7-8,10-12H2,1-2H3. The highest BCUT2D eigenvalue weighted by Crippen LogP contribution is 2.34. The molecule has 22 heavy (non-hydrogen) atoms. The normalized spacial score (nSPS) is 21.7. The third-order valence-electron chi connectivity index (χ3n) is 4.44. The van der Waals surface area contributed by atoms with Crippen LogP contribution in [0.15, 0.2) is 18.2 Å². The Morgan fingerprint density at radius 1 is 1.41 bits per heavy atom. The number of amides is 1. The number of hydrogen-bond acceptors (Lipinski definition) is 3. The van der Waals surface area contributed by atoms with Crippen molar-refractivity contribution in [2.24, 2.45) is 11.8 Å². The van der Waals surface area contributed by atoms with Gasteiger partial charge in [0.2, 0.25) is 0 Å². The fourth-order valence-electron chi connectivity index (χ4n) is 3.37. The molecule has 1 N–H and O–H groups in total.